The molecule has 1 aromatic heterocycles. The lowest BCUT2D eigenvalue weighted by Gasteiger charge is -2.28. The first-order chi connectivity index (χ1) is 27.1. The topological polar surface area (TPSA) is 58.4 Å². The van der Waals surface area contributed by atoms with Crippen LogP contribution in [-0.2, 0) is 42.7 Å². The summed E-state index contributed by atoms with van der Waals surface area (Å²) in [6.07, 6.45) is -3.54. The van der Waals surface area contributed by atoms with Crippen LogP contribution in [0.25, 0.3) is 11.1 Å². The molecular weight excluding hydrogens is 640 g/mol. The maximum atomic E-state index is 14.7. The van der Waals surface area contributed by atoms with E-state index in [4.69, 9.17) is 12.3 Å². The zero-order valence-electron chi connectivity index (χ0n) is 37.4. The molecule has 0 bridgehead atoms. The summed E-state index contributed by atoms with van der Waals surface area (Å²) in [5.41, 5.74) is -0.730. The molecular formula is C37H40F4N4O2S. The van der Waals surface area contributed by atoms with E-state index in [-0.39, 0.29) is 32.5 Å². The summed E-state index contributed by atoms with van der Waals surface area (Å²) in [6, 6.07) is 7.31. The Labute approximate surface area is 298 Å². The average molecular weight is 692 g/mol. The summed E-state index contributed by atoms with van der Waals surface area (Å²) in [4.78, 5) is 32.3. The van der Waals surface area contributed by atoms with Crippen molar-refractivity contribution in [2.75, 3.05) is 26.0 Å². The van der Waals surface area contributed by atoms with Crippen LogP contribution in [0.1, 0.15) is 68.9 Å². The lowest BCUT2D eigenvalue weighted by atomic mass is 9.97. The van der Waals surface area contributed by atoms with E-state index in [1.165, 1.54) is 35.8 Å². The molecule has 11 heteroatoms. The number of hydrogen-bond donors (Lipinski definition) is 0. The second-order valence-electron chi connectivity index (χ2n) is 10.9. The molecule has 1 aliphatic carbocycles. The van der Waals surface area contributed by atoms with E-state index in [0.29, 0.717) is 41.0 Å². The van der Waals surface area contributed by atoms with Crippen LogP contribution in [-0.4, -0.2) is 51.2 Å². The van der Waals surface area contributed by atoms with Gasteiger partial charge in [0.1, 0.15) is 12.4 Å². The van der Waals surface area contributed by atoms with E-state index >= 15 is 0 Å². The van der Waals surface area contributed by atoms with Crippen molar-refractivity contribution < 1.29 is 37.4 Å². The number of hydrogen-bond acceptors (Lipinski definition) is 5. The van der Waals surface area contributed by atoms with Crippen LogP contribution < -0.4 is 5.56 Å². The number of benzene rings is 3. The van der Waals surface area contributed by atoms with Crippen LogP contribution >= 0.6 is 11.8 Å². The molecule has 0 spiro atoms. The standard InChI is InChI=1S/C37H40F4N4O2S/c1-4-43(5-2)19-20-44(22-27-11-18-31(25(3)21-27)28-12-14-29(15-13-28)37(39,40)41)34(46)23-45-33-8-6-7-32(33)35(47)42-36(45)48-24-26-9-16-30(38)17-10-26/h9-18,21H,4-8,19-20,22-24H2,1-3H3/i4D2,5D2,11D,18D,19D2,20D2,21D. The number of nitrogens with zero attached hydrogens (tertiary/aromatic N) is 4. The minimum Gasteiger partial charge on any atom is -0.336 e. The fraction of sp³-hybridized carbons (Fsp3) is 0.378. The van der Waals surface area contributed by atoms with Crippen LogP contribution in [0, 0.1) is 12.7 Å². The highest BCUT2D eigenvalue weighted by Crippen LogP contribution is 2.32. The Kier molecular flexibility index (Phi) is 7.56. The molecule has 0 N–H and O–H groups in total. The largest absolute Gasteiger partial charge is 0.416 e. The Bertz CT molecular complexity index is 2260. The maximum Gasteiger partial charge on any atom is 0.416 e. The number of carbonyl (C=O) groups is 1. The molecule has 0 saturated heterocycles. The third kappa shape index (κ3) is 8.54. The molecule has 0 saturated carbocycles. The third-order valence-electron chi connectivity index (χ3n) is 7.69. The Hall–Kier alpha value is -3.96. The number of carbonyl (C=O) groups excluding carboxylic acids is 1. The van der Waals surface area contributed by atoms with Gasteiger partial charge >= 0.3 is 6.18 Å². The van der Waals surface area contributed by atoms with Gasteiger partial charge in [0.15, 0.2) is 5.16 Å². The molecule has 0 fully saturated rings. The van der Waals surface area contributed by atoms with E-state index in [9.17, 15) is 29.9 Å². The smallest absolute Gasteiger partial charge is 0.336 e. The van der Waals surface area contributed by atoms with Gasteiger partial charge in [0.2, 0.25) is 5.91 Å². The fourth-order valence-electron chi connectivity index (χ4n) is 5.24. The summed E-state index contributed by atoms with van der Waals surface area (Å²) in [7, 11) is 0. The van der Waals surface area contributed by atoms with E-state index in [1.807, 2.05) is 0 Å². The Morgan fingerprint density at radius 2 is 1.73 bits per heavy atom. The Balaban J connectivity index is 1.66. The zero-order chi connectivity index (χ0) is 44.2. The van der Waals surface area contributed by atoms with Crippen molar-refractivity contribution in [1.82, 2.24) is 19.4 Å². The van der Waals surface area contributed by atoms with E-state index in [1.54, 1.807) is 0 Å². The van der Waals surface area contributed by atoms with Crippen LogP contribution in [0.15, 0.2) is 76.6 Å². The molecule has 4 aromatic rings. The second-order valence-corrected chi connectivity index (χ2v) is 11.8. The van der Waals surface area contributed by atoms with Gasteiger partial charge in [-0.05, 0) is 91.3 Å². The van der Waals surface area contributed by atoms with Crippen molar-refractivity contribution in [2.24, 2.45) is 0 Å². The summed E-state index contributed by atoms with van der Waals surface area (Å²) >= 11 is 1.02. The molecule has 0 atom stereocenters. The van der Waals surface area contributed by atoms with Gasteiger partial charge in [-0.2, -0.15) is 18.2 Å². The van der Waals surface area contributed by atoms with Crippen molar-refractivity contribution in [1.29, 1.82) is 0 Å². The summed E-state index contributed by atoms with van der Waals surface area (Å²) in [5.74, 6) is -1.55. The van der Waals surface area contributed by atoms with Gasteiger partial charge in [0.25, 0.3) is 5.56 Å². The van der Waals surface area contributed by atoms with Crippen LogP contribution in [0.3, 0.4) is 0 Å². The van der Waals surface area contributed by atoms with Gasteiger partial charge in [0, 0.05) is 44.8 Å². The highest BCUT2D eigenvalue weighted by atomic mass is 32.2. The molecule has 0 aliphatic heterocycles. The highest BCUT2D eigenvalue weighted by molar-refractivity contribution is 7.98. The first-order valence-corrected chi connectivity index (χ1v) is 15.9. The monoisotopic (exact) mass is 691 g/mol. The summed E-state index contributed by atoms with van der Waals surface area (Å²) < 4.78 is 151. The van der Waals surface area contributed by atoms with Gasteiger partial charge in [-0.15, -0.1) is 0 Å². The van der Waals surface area contributed by atoms with Gasteiger partial charge in [-0.1, -0.05) is 68.0 Å². The number of rotatable bonds is 13. The maximum absolute atomic E-state index is 14.7. The van der Waals surface area contributed by atoms with Crippen molar-refractivity contribution in [3.63, 3.8) is 0 Å². The average Bonchev–Trinajstić information content (AvgIpc) is 3.61. The molecule has 254 valence electrons. The quantitative estimate of drug-likeness (QED) is 0.0825. The predicted molar refractivity (Wildman–Crippen MR) is 181 cm³/mol. The van der Waals surface area contributed by atoms with Crippen molar-refractivity contribution in [3.8, 4) is 11.1 Å². The Morgan fingerprint density at radius 1 is 1.02 bits per heavy atom. The summed E-state index contributed by atoms with van der Waals surface area (Å²) in [5, 5.41) is 0.0146. The number of fused-ring (bicyclic) bond motifs is 1. The van der Waals surface area contributed by atoms with Crippen molar-refractivity contribution >= 4 is 17.7 Å². The molecule has 48 heavy (non-hydrogen) atoms. The van der Waals surface area contributed by atoms with Crippen LogP contribution in [0.4, 0.5) is 17.6 Å². The second kappa shape index (κ2) is 15.5. The number of amides is 1. The lowest BCUT2D eigenvalue weighted by Crippen LogP contribution is -2.40. The lowest BCUT2D eigenvalue weighted by molar-refractivity contribution is -0.137. The van der Waals surface area contributed by atoms with Crippen molar-refractivity contribution in [2.45, 2.75) is 70.2 Å². The van der Waals surface area contributed by atoms with E-state index in [0.717, 1.165) is 49.9 Å². The predicted octanol–water partition coefficient (Wildman–Crippen LogP) is 7.53. The molecule has 1 amide bonds. The van der Waals surface area contributed by atoms with Crippen LogP contribution in [0.2, 0.25) is 0 Å². The molecule has 5 rings (SSSR count). The minimum atomic E-state index is -4.67. The van der Waals surface area contributed by atoms with Gasteiger partial charge in [-0.3, -0.25) is 9.59 Å². The normalized spacial score (nSPS) is 17.4. The molecule has 0 radical (unpaired) electrons. The molecule has 6 nitrogen and oxygen atoms in total. The molecule has 1 heterocycles. The number of alkyl halides is 3. The fourth-order valence-corrected chi connectivity index (χ4v) is 6.20. The van der Waals surface area contributed by atoms with Gasteiger partial charge < -0.3 is 14.4 Å². The number of aromatic nitrogens is 2. The molecule has 0 unspecified atom stereocenters. The number of likely N-dealkylation sites (N-methyl/N-ethyl adjacent to an activating group) is 1. The first kappa shape index (κ1) is 23.4. The van der Waals surface area contributed by atoms with Gasteiger partial charge in [-0.25, -0.2) is 4.39 Å². The third-order valence-corrected chi connectivity index (χ3v) is 8.74. The SMILES string of the molecule is [2H]c1c([2H])c(-c2ccc(C(F)(F)F)cc2)c(C)c([2H])c1CN(C(=O)Cn1c(SCc2ccc(F)cc2)nc(=O)c2c1CCC2)C([2H])([2H])C([2H])([2H])N(C([2H])([2H])C)C([2H])([2H])C. The Morgan fingerprint density at radius 3 is 2.40 bits per heavy atom. The first-order valence-electron chi connectivity index (χ1n) is 20.5. The number of thioether (sulfide) groups is 1. The molecule has 1 aliphatic rings. The van der Waals surface area contributed by atoms with Crippen LogP contribution in [0.5, 0.6) is 0 Å². The molecule has 3 aromatic carbocycles. The van der Waals surface area contributed by atoms with Gasteiger partial charge in [0.05, 0.1) is 12.4 Å². The minimum absolute atomic E-state index is 0.0146. The zero-order valence-corrected chi connectivity index (χ0v) is 27.2. The van der Waals surface area contributed by atoms with Crippen molar-refractivity contribution in [3.05, 3.63) is 116 Å². The number of halogens is 4. The summed E-state index contributed by atoms with van der Waals surface area (Å²) in [6.45, 7) is -12.1. The van der Waals surface area contributed by atoms with E-state index < -0.39 is 91.8 Å². The highest BCUT2D eigenvalue weighted by Gasteiger charge is 2.30. The van der Waals surface area contributed by atoms with E-state index in [2.05, 4.69) is 4.98 Å².